The van der Waals surface area contributed by atoms with Gasteiger partial charge < -0.3 is 10.2 Å². The van der Waals surface area contributed by atoms with E-state index in [1.165, 1.54) is 24.3 Å². The van der Waals surface area contributed by atoms with Crippen LogP contribution in [-0.4, -0.2) is 39.8 Å². The third-order valence-corrected chi connectivity index (χ3v) is 4.63. The summed E-state index contributed by atoms with van der Waals surface area (Å²) in [7, 11) is 0. The van der Waals surface area contributed by atoms with Crippen molar-refractivity contribution in [1.29, 1.82) is 0 Å². The van der Waals surface area contributed by atoms with Crippen LogP contribution in [0.25, 0.3) is 0 Å². The molecule has 1 saturated heterocycles. The molecule has 3 rings (SSSR count). The van der Waals surface area contributed by atoms with Crippen LogP contribution in [0.2, 0.25) is 0 Å². The lowest BCUT2D eigenvalue weighted by Gasteiger charge is -2.31. The molecular formula is C19H23ClN4O3. The molecule has 8 heteroatoms. The Hall–Kier alpha value is -2.51. The summed E-state index contributed by atoms with van der Waals surface area (Å²) in [6.45, 7) is 2.26. The van der Waals surface area contributed by atoms with Crippen molar-refractivity contribution in [2.75, 3.05) is 13.1 Å². The zero-order valence-electron chi connectivity index (χ0n) is 14.9. The molecule has 0 aliphatic carbocycles. The topological polar surface area (TPSA) is 88.4 Å². The second kappa shape index (κ2) is 9.99. The van der Waals surface area contributed by atoms with E-state index in [1.807, 2.05) is 23.1 Å². The summed E-state index contributed by atoms with van der Waals surface area (Å²) in [5, 5.41) is 14.2. The first-order valence-corrected chi connectivity index (χ1v) is 8.81. The largest absolute Gasteiger partial charge is 0.330 e. The number of nitrogens with one attached hydrogen (secondary N) is 1. The van der Waals surface area contributed by atoms with Gasteiger partial charge in [0.05, 0.1) is 17.2 Å². The third kappa shape index (κ3) is 5.48. The van der Waals surface area contributed by atoms with Crippen LogP contribution in [0, 0.1) is 10.1 Å². The maximum Gasteiger partial charge on any atom is 0.269 e. The van der Waals surface area contributed by atoms with E-state index in [2.05, 4.69) is 10.3 Å². The zero-order valence-corrected chi connectivity index (χ0v) is 15.7. The summed E-state index contributed by atoms with van der Waals surface area (Å²) in [6.07, 6.45) is 4.54. The van der Waals surface area contributed by atoms with Crippen LogP contribution in [0.4, 0.5) is 5.69 Å². The molecule has 2 aromatic rings. The van der Waals surface area contributed by atoms with Gasteiger partial charge >= 0.3 is 0 Å². The van der Waals surface area contributed by atoms with E-state index in [0.717, 1.165) is 38.0 Å². The van der Waals surface area contributed by atoms with Crippen molar-refractivity contribution in [3.8, 4) is 0 Å². The molecule has 1 aromatic heterocycles. The van der Waals surface area contributed by atoms with Crippen LogP contribution in [0.3, 0.4) is 0 Å². The van der Waals surface area contributed by atoms with Gasteiger partial charge in [-0.1, -0.05) is 6.07 Å². The second-order valence-corrected chi connectivity index (χ2v) is 6.39. The SMILES string of the molecule is Cl.O=C(c1ccc([N+](=O)[O-])cc1)N(Cc1ccccn1)C1CCCNCC1. The van der Waals surface area contributed by atoms with Crippen molar-refractivity contribution >= 4 is 24.0 Å². The van der Waals surface area contributed by atoms with E-state index in [1.54, 1.807) is 6.20 Å². The Kier molecular flexibility index (Phi) is 7.69. The third-order valence-electron chi connectivity index (χ3n) is 4.63. The molecule has 27 heavy (non-hydrogen) atoms. The summed E-state index contributed by atoms with van der Waals surface area (Å²) in [4.78, 5) is 29.7. The molecule has 1 atom stereocenters. The minimum Gasteiger partial charge on any atom is -0.330 e. The first kappa shape index (κ1) is 20.8. The van der Waals surface area contributed by atoms with E-state index >= 15 is 0 Å². The van der Waals surface area contributed by atoms with Gasteiger partial charge in [-0.2, -0.15) is 0 Å². The van der Waals surface area contributed by atoms with Crippen LogP contribution in [-0.2, 0) is 6.54 Å². The lowest BCUT2D eigenvalue weighted by atomic mass is 10.0. The van der Waals surface area contributed by atoms with Crippen LogP contribution >= 0.6 is 12.4 Å². The fourth-order valence-electron chi connectivity index (χ4n) is 3.24. The summed E-state index contributed by atoms with van der Waals surface area (Å²) >= 11 is 0. The van der Waals surface area contributed by atoms with Crippen LogP contribution in [0.5, 0.6) is 0 Å². The number of non-ortho nitro benzene ring substituents is 1. The van der Waals surface area contributed by atoms with Crippen LogP contribution in [0.15, 0.2) is 48.7 Å². The molecule has 1 N–H and O–H groups in total. The fraction of sp³-hybridized carbons (Fsp3) is 0.368. The monoisotopic (exact) mass is 390 g/mol. The number of aromatic nitrogens is 1. The van der Waals surface area contributed by atoms with Gasteiger partial charge in [-0.3, -0.25) is 19.9 Å². The average Bonchev–Trinajstić information content (AvgIpc) is 2.96. The number of hydrogen-bond acceptors (Lipinski definition) is 5. The predicted molar refractivity (Wildman–Crippen MR) is 105 cm³/mol. The summed E-state index contributed by atoms with van der Waals surface area (Å²) in [6, 6.07) is 11.6. The molecule has 1 aromatic carbocycles. The highest BCUT2D eigenvalue weighted by molar-refractivity contribution is 5.94. The van der Waals surface area contributed by atoms with Gasteiger partial charge in [0.15, 0.2) is 0 Å². The first-order valence-electron chi connectivity index (χ1n) is 8.81. The van der Waals surface area contributed by atoms with E-state index in [4.69, 9.17) is 0 Å². The van der Waals surface area contributed by atoms with Gasteiger partial charge in [0.2, 0.25) is 0 Å². The molecule has 0 spiro atoms. The van der Waals surface area contributed by atoms with Crippen molar-refractivity contribution in [3.63, 3.8) is 0 Å². The van der Waals surface area contributed by atoms with Gasteiger partial charge in [-0.15, -0.1) is 12.4 Å². The molecule has 1 unspecified atom stereocenters. The number of nitro benzene ring substituents is 1. The lowest BCUT2D eigenvalue weighted by molar-refractivity contribution is -0.384. The van der Waals surface area contributed by atoms with Gasteiger partial charge in [-0.25, -0.2) is 0 Å². The number of rotatable bonds is 5. The number of nitro groups is 1. The van der Waals surface area contributed by atoms with Crippen molar-refractivity contribution < 1.29 is 9.72 Å². The average molecular weight is 391 g/mol. The minimum atomic E-state index is -0.461. The molecule has 1 amide bonds. The van der Waals surface area contributed by atoms with Crippen molar-refractivity contribution in [2.24, 2.45) is 0 Å². The van der Waals surface area contributed by atoms with E-state index in [-0.39, 0.29) is 30.0 Å². The Morgan fingerprint density at radius 2 is 1.96 bits per heavy atom. The number of pyridine rings is 1. The Morgan fingerprint density at radius 1 is 1.19 bits per heavy atom. The highest BCUT2D eigenvalue weighted by atomic mass is 35.5. The number of halogens is 1. The number of carbonyl (C=O) groups excluding carboxylic acids is 1. The molecular weight excluding hydrogens is 368 g/mol. The zero-order chi connectivity index (χ0) is 18.4. The number of amides is 1. The molecule has 7 nitrogen and oxygen atoms in total. The normalized spacial score (nSPS) is 16.7. The smallest absolute Gasteiger partial charge is 0.269 e. The van der Waals surface area contributed by atoms with Crippen molar-refractivity contribution in [1.82, 2.24) is 15.2 Å². The van der Waals surface area contributed by atoms with E-state index in [9.17, 15) is 14.9 Å². The van der Waals surface area contributed by atoms with E-state index < -0.39 is 4.92 Å². The first-order chi connectivity index (χ1) is 12.6. The maximum atomic E-state index is 13.1. The maximum absolute atomic E-state index is 13.1. The number of benzene rings is 1. The summed E-state index contributed by atoms with van der Waals surface area (Å²) in [5.41, 5.74) is 1.28. The molecule has 1 fully saturated rings. The highest BCUT2D eigenvalue weighted by Crippen LogP contribution is 2.21. The highest BCUT2D eigenvalue weighted by Gasteiger charge is 2.26. The van der Waals surface area contributed by atoms with Gasteiger partial charge in [0.1, 0.15) is 0 Å². The quantitative estimate of drug-likeness (QED) is 0.625. The van der Waals surface area contributed by atoms with Crippen LogP contribution in [0.1, 0.15) is 35.3 Å². The molecule has 1 aliphatic heterocycles. The Bertz CT molecular complexity index is 747. The van der Waals surface area contributed by atoms with Crippen LogP contribution < -0.4 is 5.32 Å². The van der Waals surface area contributed by atoms with Crippen molar-refractivity contribution in [2.45, 2.75) is 31.8 Å². The Labute approximate surface area is 164 Å². The van der Waals surface area contributed by atoms with Gasteiger partial charge in [0.25, 0.3) is 11.6 Å². The Morgan fingerprint density at radius 3 is 2.63 bits per heavy atom. The van der Waals surface area contributed by atoms with Gasteiger partial charge in [-0.05, 0) is 56.6 Å². The second-order valence-electron chi connectivity index (χ2n) is 6.39. The molecule has 2 heterocycles. The molecule has 1 aliphatic rings. The molecule has 0 bridgehead atoms. The van der Waals surface area contributed by atoms with Crippen molar-refractivity contribution in [3.05, 3.63) is 70.0 Å². The summed E-state index contributed by atoms with van der Waals surface area (Å²) in [5.74, 6) is -0.113. The predicted octanol–water partition coefficient (Wildman–Crippen LogP) is 3.20. The molecule has 144 valence electrons. The molecule has 0 saturated carbocycles. The number of nitrogens with zero attached hydrogens (tertiary/aromatic N) is 3. The minimum absolute atomic E-state index is 0. The molecule has 0 radical (unpaired) electrons. The number of hydrogen-bond donors (Lipinski definition) is 1. The fourth-order valence-corrected chi connectivity index (χ4v) is 3.24. The van der Waals surface area contributed by atoms with E-state index in [0.29, 0.717) is 12.1 Å². The Balaban J connectivity index is 0.00000261. The standard InChI is InChI=1S/C19H22N4O3.ClH/c24-19(15-6-8-18(9-7-15)23(25)26)22(14-16-4-1-2-12-21-16)17-5-3-11-20-13-10-17;/h1-2,4,6-9,12,17,20H,3,5,10-11,13-14H2;1H. The van der Waals surface area contributed by atoms with Gasteiger partial charge in [0, 0.05) is 29.9 Å². The summed E-state index contributed by atoms with van der Waals surface area (Å²) < 4.78 is 0. The lowest BCUT2D eigenvalue weighted by Crippen LogP contribution is -2.40. The number of carbonyl (C=O) groups is 1.